The van der Waals surface area contributed by atoms with Crippen LogP contribution in [0.15, 0.2) is 16.9 Å². The average molecular weight is 260 g/mol. The number of aromatic amines is 1. The molecule has 0 bridgehead atoms. The lowest BCUT2D eigenvalue weighted by molar-refractivity contribution is 0.413. The first kappa shape index (κ1) is 12.9. The third-order valence-corrected chi connectivity index (χ3v) is 2.86. The van der Waals surface area contributed by atoms with E-state index in [9.17, 15) is 4.79 Å². The van der Waals surface area contributed by atoms with Gasteiger partial charge in [0, 0.05) is 0 Å². The van der Waals surface area contributed by atoms with Crippen LogP contribution < -0.4 is 21.8 Å². The van der Waals surface area contributed by atoms with Crippen LogP contribution in [-0.2, 0) is 0 Å². The van der Waals surface area contributed by atoms with Gasteiger partial charge in [-0.25, -0.2) is 4.98 Å². The predicted octanol–water partition coefficient (Wildman–Crippen LogP) is 1.23. The van der Waals surface area contributed by atoms with Crippen molar-refractivity contribution < 1.29 is 4.74 Å². The summed E-state index contributed by atoms with van der Waals surface area (Å²) in [4.78, 5) is 18.4. The Morgan fingerprint density at radius 2 is 1.95 bits per heavy atom. The maximum Gasteiger partial charge on any atom is 0.276 e. The molecule has 1 heterocycles. The van der Waals surface area contributed by atoms with Crippen LogP contribution in [0.4, 0.5) is 11.5 Å². The van der Waals surface area contributed by atoms with Crippen LogP contribution in [-0.4, -0.2) is 17.1 Å². The van der Waals surface area contributed by atoms with E-state index in [1.54, 1.807) is 7.11 Å². The summed E-state index contributed by atoms with van der Waals surface area (Å²) < 4.78 is 5.36. The zero-order valence-corrected chi connectivity index (χ0v) is 11.1. The fourth-order valence-electron chi connectivity index (χ4n) is 2.03. The number of ether oxygens (including phenoxy) is 1. The van der Waals surface area contributed by atoms with Crippen molar-refractivity contribution in [1.29, 1.82) is 0 Å². The minimum absolute atomic E-state index is 0.0139. The van der Waals surface area contributed by atoms with Crippen molar-refractivity contribution in [2.24, 2.45) is 0 Å². The minimum atomic E-state index is -0.455. The third kappa shape index (κ3) is 2.24. The number of nitrogens with zero attached hydrogens (tertiary/aromatic N) is 1. The molecule has 6 nitrogen and oxygen atoms in total. The largest absolute Gasteiger partial charge is 0.496 e. The Morgan fingerprint density at radius 1 is 1.26 bits per heavy atom. The van der Waals surface area contributed by atoms with E-state index in [1.165, 1.54) is 0 Å². The van der Waals surface area contributed by atoms with Gasteiger partial charge in [-0.1, -0.05) is 6.07 Å². The molecule has 100 valence electrons. The molecule has 0 fully saturated rings. The van der Waals surface area contributed by atoms with Gasteiger partial charge in [0.25, 0.3) is 5.56 Å². The van der Waals surface area contributed by atoms with Crippen molar-refractivity contribution in [3.8, 4) is 17.1 Å². The molecule has 0 unspecified atom stereocenters. The maximum absolute atomic E-state index is 11.7. The molecule has 1 aromatic carbocycles. The Kier molecular flexibility index (Phi) is 3.16. The SMILES string of the molecule is COc1c(C)cc(C)cc1-c1nc(N)c(N)c(=O)[nH]1. The number of anilines is 2. The highest BCUT2D eigenvalue weighted by Gasteiger charge is 2.14. The molecule has 2 rings (SSSR count). The summed E-state index contributed by atoms with van der Waals surface area (Å²) in [5.74, 6) is 1.01. The summed E-state index contributed by atoms with van der Waals surface area (Å²) in [6.07, 6.45) is 0. The van der Waals surface area contributed by atoms with Crippen molar-refractivity contribution in [3.63, 3.8) is 0 Å². The fourth-order valence-corrected chi connectivity index (χ4v) is 2.03. The van der Waals surface area contributed by atoms with Gasteiger partial charge < -0.3 is 21.2 Å². The van der Waals surface area contributed by atoms with Gasteiger partial charge in [-0.2, -0.15) is 0 Å². The Bertz CT molecular complexity index is 692. The van der Waals surface area contributed by atoms with E-state index in [1.807, 2.05) is 26.0 Å². The van der Waals surface area contributed by atoms with E-state index in [4.69, 9.17) is 16.2 Å². The minimum Gasteiger partial charge on any atom is -0.496 e. The summed E-state index contributed by atoms with van der Waals surface area (Å²) in [7, 11) is 1.57. The normalized spacial score (nSPS) is 10.5. The molecule has 5 N–H and O–H groups in total. The summed E-state index contributed by atoms with van der Waals surface area (Å²) in [6.45, 7) is 3.88. The van der Waals surface area contributed by atoms with E-state index in [2.05, 4.69) is 9.97 Å². The van der Waals surface area contributed by atoms with Crippen molar-refractivity contribution in [2.45, 2.75) is 13.8 Å². The molecule has 0 saturated heterocycles. The molecule has 19 heavy (non-hydrogen) atoms. The number of nitrogen functional groups attached to an aromatic ring is 2. The number of hydrogen-bond acceptors (Lipinski definition) is 5. The first-order valence-corrected chi connectivity index (χ1v) is 5.75. The van der Waals surface area contributed by atoms with Gasteiger partial charge in [-0.05, 0) is 31.0 Å². The lowest BCUT2D eigenvalue weighted by Gasteiger charge is -2.12. The molecule has 0 amide bonds. The number of hydrogen-bond donors (Lipinski definition) is 3. The number of benzene rings is 1. The second-order valence-electron chi connectivity index (χ2n) is 4.38. The van der Waals surface area contributed by atoms with Gasteiger partial charge in [-0.3, -0.25) is 4.79 Å². The predicted molar refractivity (Wildman–Crippen MR) is 75.1 cm³/mol. The maximum atomic E-state index is 11.7. The van der Waals surface area contributed by atoms with Gasteiger partial charge in [0.2, 0.25) is 0 Å². The quantitative estimate of drug-likeness (QED) is 0.752. The molecule has 0 aliphatic heterocycles. The van der Waals surface area contributed by atoms with Crippen molar-refractivity contribution in [2.75, 3.05) is 18.6 Å². The Hall–Kier alpha value is -2.50. The molecule has 2 aromatic rings. The molecule has 0 spiro atoms. The Morgan fingerprint density at radius 3 is 2.53 bits per heavy atom. The van der Waals surface area contributed by atoms with Crippen LogP contribution >= 0.6 is 0 Å². The van der Waals surface area contributed by atoms with Gasteiger partial charge in [0.15, 0.2) is 5.82 Å². The Balaban J connectivity index is 2.75. The van der Waals surface area contributed by atoms with Gasteiger partial charge in [-0.15, -0.1) is 0 Å². The zero-order chi connectivity index (χ0) is 14.2. The van der Waals surface area contributed by atoms with Crippen LogP contribution in [0.5, 0.6) is 5.75 Å². The number of nitrogens with one attached hydrogen (secondary N) is 1. The first-order valence-electron chi connectivity index (χ1n) is 5.75. The number of methoxy groups -OCH3 is 1. The van der Waals surface area contributed by atoms with E-state index in [-0.39, 0.29) is 11.5 Å². The summed E-state index contributed by atoms with van der Waals surface area (Å²) in [6, 6.07) is 3.86. The van der Waals surface area contributed by atoms with E-state index in [0.717, 1.165) is 11.1 Å². The number of H-pyrrole nitrogens is 1. The highest BCUT2D eigenvalue weighted by Crippen LogP contribution is 2.32. The highest BCUT2D eigenvalue weighted by molar-refractivity contribution is 5.70. The summed E-state index contributed by atoms with van der Waals surface area (Å²) in [5, 5.41) is 0. The molecule has 0 atom stereocenters. The zero-order valence-electron chi connectivity index (χ0n) is 11.1. The molecule has 0 aliphatic rings. The second-order valence-corrected chi connectivity index (χ2v) is 4.38. The lowest BCUT2D eigenvalue weighted by atomic mass is 10.0. The highest BCUT2D eigenvalue weighted by atomic mass is 16.5. The topological polar surface area (TPSA) is 107 Å². The third-order valence-electron chi connectivity index (χ3n) is 2.86. The molecule has 6 heteroatoms. The van der Waals surface area contributed by atoms with Crippen molar-refractivity contribution >= 4 is 11.5 Å². The van der Waals surface area contributed by atoms with Crippen LogP contribution in [0.3, 0.4) is 0 Å². The summed E-state index contributed by atoms with van der Waals surface area (Å²) in [5.41, 5.74) is 13.3. The van der Waals surface area contributed by atoms with E-state index >= 15 is 0 Å². The van der Waals surface area contributed by atoms with Gasteiger partial charge in [0.1, 0.15) is 17.3 Å². The molecule has 0 aliphatic carbocycles. The Labute approximate surface area is 110 Å². The first-order chi connectivity index (χ1) is 8.93. The smallest absolute Gasteiger partial charge is 0.276 e. The summed E-state index contributed by atoms with van der Waals surface area (Å²) >= 11 is 0. The van der Waals surface area contributed by atoms with Crippen molar-refractivity contribution in [3.05, 3.63) is 33.6 Å². The van der Waals surface area contributed by atoms with Crippen LogP contribution in [0, 0.1) is 13.8 Å². The molecular weight excluding hydrogens is 244 g/mol. The number of aromatic nitrogens is 2. The van der Waals surface area contributed by atoms with Crippen molar-refractivity contribution in [1.82, 2.24) is 9.97 Å². The second kappa shape index (κ2) is 4.64. The molecular formula is C13H16N4O2. The fraction of sp³-hybridized carbons (Fsp3) is 0.231. The molecule has 0 saturated carbocycles. The number of nitrogens with two attached hydrogens (primary N) is 2. The number of rotatable bonds is 2. The standard InChI is InChI=1S/C13H16N4O2/c1-6-4-7(2)10(19-3)8(5-6)12-16-11(15)9(14)13(18)17-12/h4-5H,14H2,1-3H3,(H3,15,16,17,18). The van der Waals surface area contributed by atoms with E-state index in [0.29, 0.717) is 17.1 Å². The number of aryl methyl sites for hydroxylation is 2. The van der Waals surface area contributed by atoms with E-state index < -0.39 is 5.56 Å². The average Bonchev–Trinajstić information content (AvgIpc) is 2.34. The van der Waals surface area contributed by atoms with Gasteiger partial charge in [0.05, 0.1) is 12.7 Å². The monoisotopic (exact) mass is 260 g/mol. The lowest BCUT2D eigenvalue weighted by Crippen LogP contribution is -2.17. The van der Waals surface area contributed by atoms with Crippen LogP contribution in [0.1, 0.15) is 11.1 Å². The molecule has 0 radical (unpaired) electrons. The van der Waals surface area contributed by atoms with Crippen LogP contribution in [0.25, 0.3) is 11.4 Å². The molecule has 1 aromatic heterocycles. The van der Waals surface area contributed by atoms with Crippen LogP contribution in [0.2, 0.25) is 0 Å². The van der Waals surface area contributed by atoms with Gasteiger partial charge >= 0.3 is 0 Å².